The molecule has 0 atom stereocenters. The highest BCUT2D eigenvalue weighted by Gasteiger charge is 2.19. The van der Waals surface area contributed by atoms with Crippen molar-refractivity contribution in [3.8, 4) is 0 Å². The first-order valence-corrected chi connectivity index (χ1v) is 10.5. The van der Waals surface area contributed by atoms with E-state index in [1.165, 1.54) is 41.3 Å². The molecule has 0 aliphatic heterocycles. The molecule has 0 radical (unpaired) electrons. The molecule has 0 amide bonds. The maximum absolute atomic E-state index is 12.0. The van der Waals surface area contributed by atoms with Crippen LogP contribution >= 0.6 is 40.0 Å². The van der Waals surface area contributed by atoms with Crippen molar-refractivity contribution >= 4 is 56.8 Å². The lowest BCUT2D eigenvalue weighted by atomic mass is 10.4. The maximum Gasteiger partial charge on any atom is 0.277 e. The molecule has 2 rings (SSSR count). The van der Waals surface area contributed by atoms with Gasteiger partial charge in [-0.2, -0.15) is 0 Å². The molecule has 0 aliphatic rings. The van der Waals surface area contributed by atoms with Gasteiger partial charge < -0.3 is 9.05 Å². The van der Waals surface area contributed by atoms with Gasteiger partial charge in [-0.1, -0.05) is 23.0 Å². The first-order chi connectivity index (χ1) is 9.00. The van der Waals surface area contributed by atoms with Crippen LogP contribution in [0.25, 0.3) is 4.96 Å². The smallest absolute Gasteiger partial charge is 0.277 e. The highest BCUT2D eigenvalue weighted by Crippen LogP contribution is 2.60. The Morgan fingerprint density at radius 3 is 2.89 bits per heavy atom. The van der Waals surface area contributed by atoms with Gasteiger partial charge in [0.1, 0.15) is 5.02 Å². The van der Waals surface area contributed by atoms with Crippen molar-refractivity contribution in [3.05, 3.63) is 32.6 Å². The fourth-order valence-electron chi connectivity index (χ4n) is 1.32. The SMILES string of the molecule is COP(=S)(OC)SCc1nc2sccn2c(=O)c1Cl. The Kier molecular flexibility index (Phi) is 5.05. The van der Waals surface area contributed by atoms with Crippen molar-refractivity contribution in [2.75, 3.05) is 14.2 Å². The number of hydrogen-bond acceptors (Lipinski definition) is 7. The molecule has 0 aliphatic carbocycles. The molecule has 2 aromatic rings. The van der Waals surface area contributed by atoms with Gasteiger partial charge in [0, 0.05) is 31.5 Å². The molecule has 2 aromatic heterocycles. The van der Waals surface area contributed by atoms with Gasteiger partial charge in [0.25, 0.3) is 5.56 Å². The summed E-state index contributed by atoms with van der Waals surface area (Å²) in [5, 5.41) is 1.89. The number of aromatic nitrogens is 2. The summed E-state index contributed by atoms with van der Waals surface area (Å²) >= 11 is 13.9. The number of nitrogens with zero attached hydrogens (tertiary/aromatic N) is 2. The summed E-state index contributed by atoms with van der Waals surface area (Å²) in [5.74, 6) is 0.376. The highest BCUT2D eigenvalue weighted by atomic mass is 35.5. The van der Waals surface area contributed by atoms with Crippen LogP contribution in [0.4, 0.5) is 0 Å². The second-order valence-electron chi connectivity index (χ2n) is 3.32. The number of rotatable bonds is 5. The average Bonchev–Trinajstić information content (AvgIpc) is 2.89. The Bertz CT molecular complexity index is 694. The van der Waals surface area contributed by atoms with Gasteiger partial charge in [-0.3, -0.25) is 9.20 Å². The predicted molar refractivity (Wildman–Crippen MR) is 83.9 cm³/mol. The minimum absolute atomic E-state index is 0.108. The first-order valence-electron chi connectivity index (χ1n) is 5.01. The molecule has 2 heterocycles. The van der Waals surface area contributed by atoms with E-state index in [9.17, 15) is 4.79 Å². The molecule has 0 aromatic carbocycles. The van der Waals surface area contributed by atoms with Crippen LogP contribution in [0.1, 0.15) is 5.69 Å². The Labute approximate surface area is 127 Å². The van der Waals surface area contributed by atoms with Crippen molar-refractivity contribution in [1.82, 2.24) is 9.38 Å². The van der Waals surface area contributed by atoms with Crippen LogP contribution in [-0.4, -0.2) is 23.6 Å². The van der Waals surface area contributed by atoms with Crippen LogP contribution in [0.15, 0.2) is 16.4 Å². The zero-order chi connectivity index (χ0) is 14.0. The molecule has 19 heavy (non-hydrogen) atoms. The molecular formula is C9H10ClN2O3PS3. The normalized spacial score (nSPS) is 12.2. The summed E-state index contributed by atoms with van der Waals surface area (Å²) < 4.78 is 11.8. The van der Waals surface area contributed by atoms with Gasteiger partial charge in [-0.15, -0.1) is 11.3 Å². The third-order valence-electron chi connectivity index (χ3n) is 2.29. The zero-order valence-electron chi connectivity index (χ0n) is 10.0. The summed E-state index contributed by atoms with van der Waals surface area (Å²) in [5.41, 5.74) is -2.15. The molecule has 0 saturated heterocycles. The van der Waals surface area contributed by atoms with E-state index in [2.05, 4.69) is 4.98 Å². The van der Waals surface area contributed by atoms with Crippen LogP contribution < -0.4 is 5.56 Å². The van der Waals surface area contributed by atoms with E-state index in [-0.39, 0.29) is 10.6 Å². The van der Waals surface area contributed by atoms with Crippen LogP contribution in [0.3, 0.4) is 0 Å². The van der Waals surface area contributed by atoms with E-state index < -0.39 is 5.69 Å². The maximum atomic E-state index is 12.0. The van der Waals surface area contributed by atoms with Crippen LogP contribution in [0, 0.1) is 0 Å². The first kappa shape index (κ1) is 15.4. The summed E-state index contributed by atoms with van der Waals surface area (Å²) in [4.78, 5) is 16.9. The van der Waals surface area contributed by atoms with Gasteiger partial charge in [-0.25, -0.2) is 4.98 Å². The minimum Gasteiger partial charge on any atom is -0.325 e. The molecule has 0 N–H and O–H groups in total. The Hall–Kier alpha value is 0.0500. The summed E-state index contributed by atoms with van der Waals surface area (Å²) in [6.07, 6.45) is 1.65. The number of halogens is 1. The van der Waals surface area contributed by atoms with Gasteiger partial charge >= 0.3 is 0 Å². The molecule has 0 bridgehead atoms. The predicted octanol–water partition coefficient (Wildman–Crippen LogP) is 3.16. The second-order valence-corrected chi connectivity index (χ2v) is 11.1. The van der Waals surface area contributed by atoms with Gasteiger partial charge in [0.15, 0.2) is 4.96 Å². The second kappa shape index (κ2) is 6.22. The zero-order valence-corrected chi connectivity index (χ0v) is 14.1. The van der Waals surface area contributed by atoms with E-state index in [4.69, 9.17) is 32.5 Å². The summed E-state index contributed by atoms with van der Waals surface area (Å²) in [7, 11) is 3.01. The molecular weight excluding hydrogens is 347 g/mol. The summed E-state index contributed by atoms with van der Waals surface area (Å²) in [6.45, 7) is 0. The van der Waals surface area contributed by atoms with Crippen molar-refractivity contribution in [2.24, 2.45) is 0 Å². The summed E-state index contributed by atoms with van der Waals surface area (Å²) in [6, 6.07) is 0. The lowest BCUT2D eigenvalue weighted by Gasteiger charge is -2.16. The fourth-order valence-corrected chi connectivity index (χ4v) is 5.12. The van der Waals surface area contributed by atoms with Crippen molar-refractivity contribution in [2.45, 2.75) is 5.75 Å². The lowest BCUT2D eigenvalue weighted by Crippen LogP contribution is -2.15. The molecule has 10 heteroatoms. The molecule has 0 fully saturated rings. The number of fused-ring (bicyclic) bond motifs is 1. The van der Waals surface area contributed by atoms with Crippen LogP contribution in [-0.2, 0) is 26.6 Å². The number of hydrogen-bond donors (Lipinski definition) is 0. The Morgan fingerprint density at radius 1 is 1.58 bits per heavy atom. The molecule has 104 valence electrons. The monoisotopic (exact) mass is 356 g/mol. The number of thiazole rings is 1. The molecule has 0 saturated carbocycles. The third kappa shape index (κ3) is 3.21. The van der Waals surface area contributed by atoms with Crippen molar-refractivity contribution in [3.63, 3.8) is 0 Å². The van der Waals surface area contributed by atoms with E-state index in [1.54, 1.807) is 11.6 Å². The molecule has 5 nitrogen and oxygen atoms in total. The van der Waals surface area contributed by atoms with Crippen LogP contribution in [0.5, 0.6) is 0 Å². The van der Waals surface area contributed by atoms with Crippen molar-refractivity contribution in [1.29, 1.82) is 0 Å². The largest absolute Gasteiger partial charge is 0.325 e. The van der Waals surface area contributed by atoms with E-state index in [0.717, 1.165) is 0 Å². The lowest BCUT2D eigenvalue weighted by molar-refractivity contribution is 0.354. The average molecular weight is 357 g/mol. The van der Waals surface area contributed by atoms with E-state index >= 15 is 0 Å². The minimum atomic E-state index is -2.38. The Balaban J connectivity index is 2.33. The molecule has 0 spiro atoms. The van der Waals surface area contributed by atoms with Crippen LogP contribution in [0.2, 0.25) is 5.02 Å². The van der Waals surface area contributed by atoms with E-state index in [1.807, 2.05) is 0 Å². The fraction of sp³-hybridized carbons (Fsp3) is 0.333. The van der Waals surface area contributed by atoms with Gasteiger partial charge in [0.05, 0.1) is 5.69 Å². The van der Waals surface area contributed by atoms with E-state index in [0.29, 0.717) is 16.4 Å². The Morgan fingerprint density at radius 2 is 2.26 bits per heavy atom. The van der Waals surface area contributed by atoms with Gasteiger partial charge in [0.2, 0.25) is 5.69 Å². The highest BCUT2D eigenvalue weighted by molar-refractivity contribution is 8.67. The standard InChI is InChI=1S/C9H10ClN2O3PS3/c1-14-16(17,15-2)19-5-6-7(10)8(13)12-3-4-18-9(12)11-6/h3-4H,5H2,1-2H3. The quantitative estimate of drug-likeness (QED) is 0.767. The molecule has 0 unspecified atom stereocenters. The van der Waals surface area contributed by atoms with Crippen molar-refractivity contribution < 1.29 is 9.05 Å². The topological polar surface area (TPSA) is 52.8 Å². The van der Waals surface area contributed by atoms with Gasteiger partial charge in [-0.05, 0) is 11.8 Å². The third-order valence-corrected chi connectivity index (χ3v) is 9.11.